The fourth-order valence-corrected chi connectivity index (χ4v) is 2.02. The van der Waals surface area contributed by atoms with Crippen LogP contribution in [0.3, 0.4) is 0 Å². The Hall–Kier alpha value is -2.30. The van der Waals surface area contributed by atoms with Gasteiger partial charge in [-0.3, -0.25) is 4.79 Å². The quantitative estimate of drug-likeness (QED) is 0.926. The van der Waals surface area contributed by atoms with Gasteiger partial charge in [0.05, 0.1) is 12.8 Å². The minimum atomic E-state index is -0.252. The highest BCUT2D eigenvalue weighted by atomic mass is 16.5. The molecule has 0 aliphatic heterocycles. The lowest BCUT2D eigenvalue weighted by Gasteiger charge is -2.12. The van der Waals surface area contributed by atoms with Gasteiger partial charge in [-0.15, -0.1) is 0 Å². The first kappa shape index (κ1) is 14.1. The van der Waals surface area contributed by atoms with Crippen LogP contribution in [0, 0.1) is 5.92 Å². The van der Waals surface area contributed by atoms with E-state index in [-0.39, 0.29) is 11.2 Å². The molecule has 1 heterocycles. The molecule has 2 aromatic rings. The summed E-state index contributed by atoms with van der Waals surface area (Å²) < 4.78 is 6.74. The average Bonchev–Trinajstić information content (AvgIpc) is 2.43. The molecule has 1 aromatic heterocycles. The molecular formula is C15H19N3O2. The van der Waals surface area contributed by atoms with Crippen LogP contribution in [0.4, 0.5) is 5.69 Å². The van der Waals surface area contributed by atoms with Crippen LogP contribution in [0.2, 0.25) is 0 Å². The normalized spacial score (nSPS) is 10.8. The maximum absolute atomic E-state index is 12.0. The van der Waals surface area contributed by atoms with Gasteiger partial charge in [0.15, 0.2) is 0 Å². The number of methoxy groups -OCH3 is 1. The first-order valence-electron chi connectivity index (χ1n) is 6.54. The largest absolute Gasteiger partial charge is 0.496 e. The van der Waals surface area contributed by atoms with Crippen LogP contribution in [0.25, 0.3) is 11.3 Å². The van der Waals surface area contributed by atoms with E-state index in [0.717, 1.165) is 5.56 Å². The summed E-state index contributed by atoms with van der Waals surface area (Å²) in [6.45, 7) is 4.59. The second kappa shape index (κ2) is 5.77. The molecule has 20 heavy (non-hydrogen) atoms. The fourth-order valence-electron chi connectivity index (χ4n) is 2.02. The van der Waals surface area contributed by atoms with Gasteiger partial charge >= 0.3 is 0 Å². The highest BCUT2D eigenvalue weighted by molar-refractivity contribution is 5.68. The van der Waals surface area contributed by atoms with E-state index >= 15 is 0 Å². The maximum Gasteiger partial charge on any atom is 0.289 e. The summed E-state index contributed by atoms with van der Waals surface area (Å²) in [7, 11) is 1.60. The number of ether oxygens (including phenoxy) is 1. The molecule has 0 unspecified atom stereocenters. The molecular weight excluding hydrogens is 254 g/mol. The predicted molar refractivity (Wildman–Crippen MR) is 79.7 cm³/mol. The van der Waals surface area contributed by atoms with Crippen molar-refractivity contribution in [3.63, 3.8) is 0 Å². The van der Waals surface area contributed by atoms with Gasteiger partial charge in [-0.05, 0) is 24.1 Å². The van der Waals surface area contributed by atoms with Crippen LogP contribution in [0.5, 0.6) is 5.75 Å². The Kier molecular flexibility index (Phi) is 4.08. The molecule has 0 aliphatic rings. The number of nitrogen functional groups attached to an aromatic ring is 1. The zero-order valence-electron chi connectivity index (χ0n) is 12.0. The van der Waals surface area contributed by atoms with Crippen molar-refractivity contribution in [2.24, 2.45) is 5.92 Å². The number of para-hydroxylation sites is 1. The van der Waals surface area contributed by atoms with Gasteiger partial charge in [0.1, 0.15) is 11.4 Å². The van der Waals surface area contributed by atoms with Crippen molar-refractivity contribution in [2.75, 3.05) is 12.8 Å². The molecule has 0 spiro atoms. The minimum absolute atomic E-state index is 0.196. The van der Waals surface area contributed by atoms with Crippen LogP contribution in [-0.2, 0) is 6.54 Å². The molecule has 1 aromatic carbocycles. The minimum Gasteiger partial charge on any atom is -0.496 e. The highest BCUT2D eigenvalue weighted by Gasteiger charge is 2.12. The molecule has 5 nitrogen and oxygen atoms in total. The van der Waals surface area contributed by atoms with E-state index in [1.54, 1.807) is 13.2 Å². The Morgan fingerprint density at radius 1 is 1.35 bits per heavy atom. The Morgan fingerprint density at radius 2 is 2.05 bits per heavy atom. The van der Waals surface area contributed by atoms with Crippen LogP contribution in [0.1, 0.15) is 13.8 Å². The molecule has 5 heteroatoms. The van der Waals surface area contributed by atoms with E-state index in [2.05, 4.69) is 5.10 Å². The first-order chi connectivity index (χ1) is 9.52. The van der Waals surface area contributed by atoms with Crippen molar-refractivity contribution in [1.82, 2.24) is 9.78 Å². The molecule has 0 amide bonds. The van der Waals surface area contributed by atoms with Crippen LogP contribution < -0.4 is 16.0 Å². The summed E-state index contributed by atoms with van der Waals surface area (Å²) in [6.07, 6.45) is 0. The van der Waals surface area contributed by atoms with Gasteiger partial charge in [0, 0.05) is 12.1 Å². The van der Waals surface area contributed by atoms with Crippen molar-refractivity contribution in [3.05, 3.63) is 40.7 Å². The van der Waals surface area contributed by atoms with Gasteiger partial charge in [-0.2, -0.15) is 5.10 Å². The molecule has 2 rings (SSSR count). The van der Waals surface area contributed by atoms with E-state index in [1.165, 1.54) is 4.68 Å². The summed E-state index contributed by atoms with van der Waals surface area (Å²) >= 11 is 0. The number of hydrogen-bond donors (Lipinski definition) is 1. The average molecular weight is 273 g/mol. The number of benzene rings is 1. The van der Waals surface area contributed by atoms with Crippen LogP contribution in [0.15, 0.2) is 35.1 Å². The van der Waals surface area contributed by atoms with E-state index in [4.69, 9.17) is 10.5 Å². The number of hydrogen-bond acceptors (Lipinski definition) is 4. The molecule has 0 aliphatic carbocycles. The lowest BCUT2D eigenvalue weighted by Crippen LogP contribution is -2.27. The van der Waals surface area contributed by atoms with E-state index in [0.29, 0.717) is 23.9 Å². The summed E-state index contributed by atoms with van der Waals surface area (Å²) in [4.78, 5) is 12.0. The Bertz CT molecular complexity index is 662. The molecule has 0 saturated carbocycles. The molecule has 106 valence electrons. The first-order valence-corrected chi connectivity index (χ1v) is 6.54. The zero-order valence-corrected chi connectivity index (χ0v) is 12.0. The number of nitrogens with two attached hydrogens (primary N) is 1. The summed E-state index contributed by atoms with van der Waals surface area (Å²) in [5.74, 6) is 1.02. The number of anilines is 1. The summed E-state index contributed by atoms with van der Waals surface area (Å²) in [5, 5.41) is 4.40. The zero-order chi connectivity index (χ0) is 14.7. The van der Waals surface area contributed by atoms with E-state index < -0.39 is 0 Å². The van der Waals surface area contributed by atoms with Crippen molar-refractivity contribution in [2.45, 2.75) is 20.4 Å². The monoisotopic (exact) mass is 273 g/mol. The van der Waals surface area contributed by atoms with E-state index in [1.807, 2.05) is 38.1 Å². The predicted octanol–water partition coefficient (Wildman–Crippen LogP) is 2.16. The van der Waals surface area contributed by atoms with Crippen molar-refractivity contribution in [1.29, 1.82) is 0 Å². The molecule has 0 atom stereocenters. The summed E-state index contributed by atoms with van der Waals surface area (Å²) in [5.41, 5.74) is 7.21. The second-order valence-corrected chi connectivity index (χ2v) is 5.07. The van der Waals surface area contributed by atoms with Crippen LogP contribution >= 0.6 is 0 Å². The molecule has 0 radical (unpaired) electrons. The Balaban J connectivity index is 2.58. The molecule has 2 N–H and O–H groups in total. The van der Waals surface area contributed by atoms with Crippen molar-refractivity contribution >= 4 is 5.69 Å². The lowest BCUT2D eigenvalue weighted by atomic mass is 10.1. The summed E-state index contributed by atoms with van der Waals surface area (Å²) in [6, 6.07) is 9.12. The third-order valence-corrected chi connectivity index (χ3v) is 2.92. The molecule has 0 saturated heterocycles. The number of nitrogens with zero attached hydrogens (tertiary/aromatic N) is 2. The van der Waals surface area contributed by atoms with Crippen molar-refractivity contribution in [3.8, 4) is 17.0 Å². The Morgan fingerprint density at radius 3 is 2.70 bits per heavy atom. The molecule has 0 bridgehead atoms. The van der Waals surface area contributed by atoms with E-state index in [9.17, 15) is 4.79 Å². The Labute approximate surface area is 118 Å². The number of rotatable bonds is 4. The highest BCUT2D eigenvalue weighted by Crippen LogP contribution is 2.28. The third-order valence-electron chi connectivity index (χ3n) is 2.92. The fraction of sp³-hybridized carbons (Fsp3) is 0.333. The van der Waals surface area contributed by atoms with Gasteiger partial charge in [0.2, 0.25) is 0 Å². The van der Waals surface area contributed by atoms with Gasteiger partial charge in [0.25, 0.3) is 5.56 Å². The van der Waals surface area contributed by atoms with Gasteiger partial charge < -0.3 is 10.5 Å². The van der Waals surface area contributed by atoms with Gasteiger partial charge in [-0.1, -0.05) is 26.0 Å². The van der Waals surface area contributed by atoms with Crippen molar-refractivity contribution < 1.29 is 4.74 Å². The number of aromatic nitrogens is 2. The third kappa shape index (κ3) is 2.82. The van der Waals surface area contributed by atoms with Crippen LogP contribution in [-0.4, -0.2) is 16.9 Å². The van der Waals surface area contributed by atoms with Gasteiger partial charge in [-0.25, -0.2) is 4.68 Å². The second-order valence-electron chi connectivity index (χ2n) is 5.07. The topological polar surface area (TPSA) is 70.1 Å². The SMILES string of the molecule is COc1ccccc1-c1cc(N)c(=O)n(CC(C)C)n1. The molecule has 0 fully saturated rings. The standard InChI is InChI=1S/C15H19N3O2/c1-10(2)9-18-15(19)12(16)8-13(17-18)11-6-4-5-7-14(11)20-3/h4-8,10H,9,16H2,1-3H3. The lowest BCUT2D eigenvalue weighted by molar-refractivity contribution is 0.415. The maximum atomic E-state index is 12.0. The smallest absolute Gasteiger partial charge is 0.289 e.